The number of aliphatic hydroxyl groups is 1. The van der Waals surface area contributed by atoms with Gasteiger partial charge in [-0.3, -0.25) is 0 Å². The minimum atomic E-state index is -1.11. The molecule has 19 heavy (non-hydrogen) atoms. The van der Waals surface area contributed by atoms with Crippen molar-refractivity contribution >= 4 is 34.9 Å². The van der Waals surface area contributed by atoms with Crippen LogP contribution < -0.4 is 5.32 Å². The Balaban J connectivity index is 1.93. The number of amides is 2. The number of nitrogens with one attached hydrogen (secondary N) is 1. The van der Waals surface area contributed by atoms with Crippen LogP contribution in [0.1, 0.15) is 11.3 Å². The molecule has 8 heteroatoms. The summed E-state index contributed by atoms with van der Waals surface area (Å²) in [6, 6.07) is 2.06. The first-order valence-electron chi connectivity index (χ1n) is 5.67. The lowest BCUT2D eigenvalue weighted by Gasteiger charge is -2.21. The maximum Gasteiger partial charge on any atom is 0.326 e. The van der Waals surface area contributed by atoms with Crippen molar-refractivity contribution in [1.29, 1.82) is 0 Å². The number of carbonyl (C=O) groups excluding carboxylic acids is 1. The van der Waals surface area contributed by atoms with E-state index in [0.29, 0.717) is 4.34 Å². The largest absolute Gasteiger partial charge is 0.480 e. The quantitative estimate of drug-likeness (QED) is 0.781. The number of nitrogens with zero attached hydrogens (tertiary/aromatic N) is 1. The van der Waals surface area contributed by atoms with Crippen LogP contribution in [0.5, 0.6) is 0 Å². The molecule has 2 heterocycles. The highest BCUT2D eigenvalue weighted by Gasteiger charge is 2.38. The van der Waals surface area contributed by atoms with Gasteiger partial charge >= 0.3 is 12.0 Å². The summed E-state index contributed by atoms with van der Waals surface area (Å²) >= 11 is 7.12. The van der Waals surface area contributed by atoms with Gasteiger partial charge in [0.25, 0.3) is 0 Å². The number of carboxylic acids is 1. The van der Waals surface area contributed by atoms with Crippen molar-refractivity contribution in [3.8, 4) is 0 Å². The zero-order valence-corrected chi connectivity index (χ0v) is 11.4. The number of rotatable bonds is 3. The van der Waals surface area contributed by atoms with Gasteiger partial charge in [0.1, 0.15) is 6.04 Å². The predicted octanol–water partition coefficient (Wildman–Crippen LogP) is 1.13. The summed E-state index contributed by atoms with van der Waals surface area (Å²) in [7, 11) is 0. The molecular formula is C11H13ClN2O4S. The fourth-order valence-electron chi connectivity index (χ4n) is 1.98. The van der Waals surface area contributed by atoms with E-state index in [0.717, 1.165) is 9.78 Å². The molecule has 1 aliphatic rings. The highest BCUT2D eigenvalue weighted by Crippen LogP contribution is 2.22. The second kappa shape index (κ2) is 5.77. The zero-order chi connectivity index (χ0) is 14.0. The van der Waals surface area contributed by atoms with E-state index in [1.54, 1.807) is 12.1 Å². The average molecular weight is 305 g/mol. The van der Waals surface area contributed by atoms with Crippen LogP contribution in [-0.2, 0) is 11.3 Å². The minimum Gasteiger partial charge on any atom is -0.480 e. The Morgan fingerprint density at radius 3 is 2.84 bits per heavy atom. The van der Waals surface area contributed by atoms with E-state index in [1.165, 1.54) is 11.3 Å². The van der Waals surface area contributed by atoms with Crippen molar-refractivity contribution in [2.75, 3.05) is 6.54 Å². The molecule has 0 spiro atoms. The van der Waals surface area contributed by atoms with Gasteiger partial charge in [-0.05, 0) is 12.1 Å². The molecule has 0 aromatic carbocycles. The summed E-state index contributed by atoms with van der Waals surface area (Å²) < 4.78 is 0.629. The van der Waals surface area contributed by atoms with Crippen molar-refractivity contribution < 1.29 is 19.8 Å². The summed E-state index contributed by atoms with van der Waals surface area (Å²) in [6.07, 6.45) is -0.726. The van der Waals surface area contributed by atoms with Crippen LogP contribution in [0.3, 0.4) is 0 Å². The monoisotopic (exact) mass is 304 g/mol. The van der Waals surface area contributed by atoms with Gasteiger partial charge in [-0.25, -0.2) is 9.59 Å². The third-order valence-corrected chi connectivity index (χ3v) is 4.10. The van der Waals surface area contributed by atoms with Gasteiger partial charge in [0.05, 0.1) is 17.0 Å². The molecule has 2 amide bonds. The van der Waals surface area contributed by atoms with E-state index in [-0.39, 0.29) is 19.5 Å². The number of aliphatic hydroxyl groups excluding tert-OH is 1. The summed E-state index contributed by atoms with van der Waals surface area (Å²) in [5.41, 5.74) is 0. The van der Waals surface area contributed by atoms with Crippen molar-refractivity contribution in [3.05, 3.63) is 21.3 Å². The molecule has 1 aromatic rings. The van der Waals surface area contributed by atoms with Gasteiger partial charge in [0.2, 0.25) is 0 Å². The second-order valence-electron chi connectivity index (χ2n) is 4.26. The number of urea groups is 1. The van der Waals surface area contributed by atoms with Crippen LogP contribution in [0.4, 0.5) is 4.79 Å². The standard InChI is InChI=1S/C11H13ClN2O4S/c12-9-2-1-7(19-9)4-13-11(18)14-5-6(15)3-8(14)10(16)17/h1-2,6,8,15H,3-5H2,(H,13,18)(H,16,17)/t6-,8-/m0/s1. The van der Waals surface area contributed by atoms with Gasteiger partial charge in [0, 0.05) is 17.8 Å². The highest BCUT2D eigenvalue weighted by atomic mass is 35.5. The molecule has 2 atom stereocenters. The van der Waals surface area contributed by atoms with E-state index < -0.39 is 24.1 Å². The molecule has 6 nitrogen and oxygen atoms in total. The van der Waals surface area contributed by atoms with Crippen molar-refractivity contribution in [1.82, 2.24) is 10.2 Å². The van der Waals surface area contributed by atoms with E-state index in [4.69, 9.17) is 16.7 Å². The fourth-order valence-corrected chi connectivity index (χ4v) is 3.01. The topological polar surface area (TPSA) is 89.9 Å². The van der Waals surface area contributed by atoms with Gasteiger partial charge in [-0.15, -0.1) is 11.3 Å². The van der Waals surface area contributed by atoms with Gasteiger partial charge < -0.3 is 20.4 Å². The number of likely N-dealkylation sites (tertiary alicyclic amines) is 1. The van der Waals surface area contributed by atoms with Gasteiger partial charge in [-0.2, -0.15) is 0 Å². The molecule has 2 rings (SSSR count). The van der Waals surface area contributed by atoms with E-state index in [9.17, 15) is 14.7 Å². The Kier molecular flexibility index (Phi) is 4.28. The lowest BCUT2D eigenvalue weighted by molar-refractivity contribution is -0.141. The van der Waals surface area contributed by atoms with Gasteiger partial charge in [-0.1, -0.05) is 11.6 Å². The maximum atomic E-state index is 11.9. The molecule has 3 N–H and O–H groups in total. The first-order chi connectivity index (χ1) is 8.97. The van der Waals surface area contributed by atoms with Crippen LogP contribution in [0, 0.1) is 0 Å². The zero-order valence-electron chi connectivity index (χ0n) is 9.88. The van der Waals surface area contributed by atoms with E-state index in [2.05, 4.69) is 5.32 Å². The number of β-amino-alcohol motifs (C(OH)–C–C–N with tert-alkyl or cyclic N) is 1. The SMILES string of the molecule is O=C(O)[C@@H]1C[C@H](O)CN1C(=O)NCc1ccc(Cl)s1. The molecule has 0 unspecified atom stereocenters. The number of carbonyl (C=O) groups is 2. The molecule has 104 valence electrons. The number of thiophene rings is 1. The third kappa shape index (κ3) is 3.37. The second-order valence-corrected chi connectivity index (χ2v) is 6.06. The number of hydrogen-bond acceptors (Lipinski definition) is 4. The lowest BCUT2D eigenvalue weighted by Crippen LogP contribution is -2.45. The minimum absolute atomic E-state index is 0.0357. The summed E-state index contributed by atoms with van der Waals surface area (Å²) in [6.45, 7) is 0.323. The summed E-state index contributed by atoms with van der Waals surface area (Å²) in [4.78, 5) is 24.9. The molecule has 1 aliphatic heterocycles. The summed E-state index contributed by atoms with van der Waals surface area (Å²) in [5.74, 6) is -1.11. The third-order valence-electron chi connectivity index (χ3n) is 2.87. The average Bonchev–Trinajstić information content (AvgIpc) is 2.92. The van der Waals surface area contributed by atoms with Crippen molar-refractivity contribution in [2.24, 2.45) is 0 Å². The number of hydrogen-bond donors (Lipinski definition) is 3. The molecule has 1 fully saturated rings. The molecule has 0 aliphatic carbocycles. The molecule has 0 radical (unpaired) electrons. The van der Waals surface area contributed by atoms with Gasteiger partial charge in [0.15, 0.2) is 0 Å². The maximum absolute atomic E-state index is 11.9. The number of halogens is 1. The molecular weight excluding hydrogens is 292 g/mol. The lowest BCUT2D eigenvalue weighted by atomic mass is 10.2. The van der Waals surface area contributed by atoms with Crippen LogP contribution >= 0.6 is 22.9 Å². The normalized spacial score (nSPS) is 22.5. The molecule has 0 saturated carbocycles. The highest BCUT2D eigenvalue weighted by molar-refractivity contribution is 7.16. The molecule has 1 aromatic heterocycles. The first-order valence-corrected chi connectivity index (χ1v) is 6.86. The van der Waals surface area contributed by atoms with Crippen LogP contribution in [0.2, 0.25) is 4.34 Å². The van der Waals surface area contributed by atoms with Crippen molar-refractivity contribution in [2.45, 2.75) is 25.1 Å². The smallest absolute Gasteiger partial charge is 0.326 e. The van der Waals surface area contributed by atoms with Crippen LogP contribution in [0.15, 0.2) is 12.1 Å². The van der Waals surface area contributed by atoms with E-state index in [1.807, 2.05) is 0 Å². The first kappa shape index (κ1) is 14.1. The van der Waals surface area contributed by atoms with E-state index >= 15 is 0 Å². The van der Waals surface area contributed by atoms with Crippen molar-refractivity contribution in [3.63, 3.8) is 0 Å². The Hall–Kier alpha value is -1.31. The fraction of sp³-hybridized carbons (Fsp3) is 0.455. The predicted molar refractivity (Wildman–Crippen MR) is 70.3 cm³/mol. The van der Waals surface area contributed by atoms with Crippen LogP contribution in [0.25, 0.3) is 0 Å². The Morgan fingerprint density at radius 1 is 1.53 bits per heavy atom. The molecule has 1 saturated heterocycles. The number of aliphatic carboxylic acids is 1. The van der Waals surface area contributed by atoms with Crippen LogP contribution in [-0.4, -0.2) is 45.8 Å². The summed E-state index contributed by atoms with van der Waals surface area (Å²) in [5, 5.41) is 21.1. The Bertz CT molecular complexity index is 493. The Labute approximate surface area is 118 Å². The molecule has 0 bridgehead atoms. The Morgan fingerprint density at radius 2 is 2.26 bits per heavy atom. The number of carboxylic acid groups (broad SMARTS) is 1.